The van der Waals surface area contributed by atoms with E-state index in [0.29, 0.717) is 37.2 Å². The fourth-order valence-corrected chi connectivity index (χ4v) is 2.79. The maximum atomic E-state index is 12.0. The average Bonchev–Trinajstić information content (AvgIpc) is 3.01. The summed E-state index contributed by atoms with van der Waals surface area (Å²) in [6.07, 6.45) is 1.40. The minimum Gasteiger partial charge on any atom is -0.330 e. The molecule has 0 aliphatic carbocycles. The molecule has 2 amide bonds. The Kier molecular flexibility index (Phi) is 6.31. The van der Waals surface area contributed by atoms with Crippen molar-refractivity contribution in [1.29, 1.82) is 0 Å². The third-order valence-electron chi connectivity index (χ3n) is 3.32. The van der Waals surface area contributed by atoms with Crippen LogP contribution in [0.15, 0.2) is 35.7 Å². The van der Waals surface area contributed by atoms with Gasteiger partial charge in [0.1, 0.15) is 0 Å². The van der Waals surface area contributed by atoms with Crippen LogP contribution in [-0.4, -0.2) is 18.4 Å². The predicted molar refractivity (Wildman–Crippen MR) is 94.7 cm³/mol. The van der Waals surface area contributed by atoms with E-state index >= 15 is 0 Å². The zero-order valence-electron chi connectivity index (χ0n) is 13.1. The first-order valence-electron chi connectivity index (χ1n) is 7.51. The number of amides is 2. The van der Waals surface area contributed by atoms with E-state index < -0.39 is 0 Å². The van der Waals surface area contributed by atoms with Gasteiger partial charge >= 0.3 is 0 Å². The lowest BCUT2D eigenvalue weighted by atomic mass is 10.1. The number of rotatable bonds is 7. The Morgan fingerprint density at radius 1 is 1.17 bits per heavy atom. The first-order valence-corrected chi connectivity index (χ1v) is 8.39. The lowest BCUT2D eigenvalue weighted by Gasteiger charge is -2.11. The van der Waals surface area contributed by atoms with Crippen molar-refractivity contribution in [1.82, 2.24) is 0 Å². The molecule has 0 aliphatic heterocycles. The summed E-state index contributed by atoms with van der Waals surface area (Å²) in [5.41, 5.74) is 7.74. The SMILES string of the molecule is Cc1ccc(NC(=O)Cc2cccs2)cc1NC(=O)CCCN. The van der Waals surface area contributed by atoms with Crippen LogP contribution in [0, 0.1) is 6.92 Å². The van der Waals surface area contributed by atoms with Gasteiger partial charge in [-0.1, -0.05) is 12.1 Å². The highest BCUT2D eigenvalue weighted by molar-refractivity contribution is 7.10. The van der Waals surface area contributed by atoms with Crippen molar-refractivity contribution in [2.45, 2.75) is 26.2 Å². The Hall–Kier alpha value is -2.18. The van der Waals surface area contributed by atoms with Crippen LogP contribution in [-0.2, 0) is 16.0 Å². The molecule has 0 spiro atoms. The molecule has 0 unspecified atom stereocenters. The van der Waals surface area contributed by atoms with Gasteiger partial charge in [-0.3, -0.25) is 9.59 Å². The van der Waals surface area contributed by atoms with Gasteiger partial charge in [-0.05, 0) is 49.0 Å². The van der Waals surface area contributed by atoms with Gasteiger partial charge in [0.05, 0.1) is 6.42 Å². The molecule has 1 aromatic heterocycles. The van der Waals surface area contributed by atoms with Crippen LogP contribution in [0.1, 0.15) is 23.3 Å². The highest BCUT2D eigenvalue weighted by Gasteiger charge is 2.08. The van der Waals surface area contributed by atoms with E-state index in [4.69, 9.17) is 5.73 Å². The molecule has 0 aliphatic rings. The molecule has 122 valence electrons. The summed E-state index contributed by atoms with van der Waals surface area (Å²) < 4.78 is 0. The second kappa shape index (κ2) is 8.45. The summed E-state index contributed by atoms with van der Waals surface area (Å²) in [6, 6.07) is 9.34. The number of anilines is 2. The first kappa shape index (κ1) is 17.2. The summed E-state index contributed by atoms with van der Waals surface area (Å²) in [5, 5.41) is 7.67. The minimum absolute atomic E-state index is 0.0689. The average molecular weight is 331 g/mol. The van der Waals surface area contributed by atoms with E-state index in [1.807, 2.05) is 36.6 Å². The van der Waals surface area contributed by atoms with Crippen molar-refractivity contribution >= 4 is 34.5 Å². The van der Waals surface area contributed by atoms with E-state index in [0.717, 1.165) is 10.4 Å². The zero-order valence-corrected chi connectivity index (χ0v) is 13.9. The lowest BCUT2D eigenvalue weighted by Crippen LogP contribution is -2.16. The molecular weight excluding hydrogens is 310 g/mol. The van der Waals surface area contributed by atoms with Crippen molar-refractivity contribution in [2.24, 2.45) is 5.73 Å². The highest BCUT2D eigenvalue weighted by atomic mass is 32.1. The molecule has 5 nitrogen and oxygen atoms in total. The second-order valence-corrected chi connectivity index (χ2v) is 6.31. The van der Waals surface area contributed by atoms with Crippen LogP contribution in [0.4, 0.5) is 11.4 Å². The number of hydrogen-bond acceptors (Lipinski definition) is 4. The Balaban J connectivity index is 1.98. The molecule has 2 aromatic rings. The number of hydrogen-bond donors (Lipinski definition) is 3. The van der Waals surface area contributed by atoms with E-state index in [1.165, 1.54) is 0 Å². The van der Waals surface area contributed by atoms with Gasteiger partial charge in [-0.15, -0.1) is 11.3 Å². The van der Waals surface area contributed by atoms with Crippen molar-refractivity contribution in [3.63, 3.8) is 0 Å². The van der Waals surface area contributed by atoms with Crippen LogP contribution < -0.4 is 16.4 Å². The number of carbonyl (C=O) groups excluding carboxylic acids is 2. The maximum absolute atomic E-state index is 12.0. The number of thiophene rings is 1. The number of nitrogens with two attached hydrogens (primary N) is 1. The van der Waals surface area contributed by atoms with Gasteiger partial charge in [-0.2, -0.15) is 0 Å². The maximum Gasteiger partial charge on any atom is 0.229 e. The van der Waals surface area contributed by atoms with Crippen LogP contribution in [0.3, 0.4) is 0 Å². The zero-order chi connectivity index (χ0) is 16.7. The highest BCUT2D eigenvalue weighted by Crippen LogP contribution is 2.21. The fourth-order valence-electron chi connectivity index (χ4n) is 2.09. The molecule has 0 atom stereocenters. The minimum atomic E-state index is -0.0725. The quantitative estimate of drug-likeness (QED) is 0.729. The molecule has 23 heavy (non-hydrogen) atoms. The molecule has 1 aromatic carbocycles. The van der Waals surface area contributed by atoms with Crippen molar-refractivity contribution < 1.29 is 9.59 Å². The Labute approximate surface area is 139 Å². The number of aryl methyl sites for hydroxylation is 1. The van der Waals surface area contributed by atoms with Crippen LogP contribution in [0.2, 0.25) is 0 Å². The molecule has 2 rings (SSSR count). The molecule has 0 radical (unpaired) electrons. The largest absolute Gasteiger partial charge is 0.330 e. The van der Waals surface area contributed by atoms with Gasteiger partial charge in [0.2, 0.25) is 11.8 Å². The Morgan fingerprint density at radius 3 is 2.70 bits per heavy atom. The van der Waals surface area contributed by atoms with Crippen molar-refractivity contribution in [2.75, 3.05) is 17.2 Å². The number of carbonyl (C=O) groups is 2. The Bertz CT molecular complexity index is 668. The monoisotopic (exact) mass is 331 g/mol. The normalized spacial score (nSPS) is 10.3. The van der Waals surface area contributed by atoms with Gasteiger partial charge in [0.25, 0.3) is 0 Å². The van der Waals surface area contributed by atoms with E-state index in [2.05, 4.69) is 10.6 Å². The van der Waals surface area contributed by atoms with Gasteiger partial charge < -0.3 is 16.4 Å². The number of benzene rings is 1. The summed E-state index contributed by atoms with van der Waals surface area (Å²) in [6.45, 7) is 2.40. The predicted octanol–water partition coefficient (Wildman–Crippen LogP) is 2.92. The molecule has 0 saturated carbocycles. The van der Waals surface area contributed by atoms with E-state index in [-0.39, 0.29) is 11.8 Å². The van der Waals surface area contributed by atoms with Gasteiger partial charge in [0.15, 0.2) is 0 Å². The smallest absolute Gasteiger partial charge is 0.229 e. The summed E-state index contributed by atoms with van der Waals surface area (Å²) in [7, 11) is 0. The second-order valence-electron chi connectivity index (χ2n) is 5.27. The molecular formula is C17H21N3O2S. The third kappa shape index (κ3) is 5.50. The standard InChI is InChI=1S/C17H21N3O2S/c1-12-6-7-13(10-15(12)20-16(21)5-2-8-18)19-17(22)11-14-4-3-9-23-14/h3-4,6-7,9-10H,2,5,8,11,18H2,1H3,(H,19,22)(H,20,21). The van der Waals surface area contributed by atoms with Crippen LogP contribution in [0.5, 0.6) is 0 Å². The fraction of sp³-hybridized carbons (Fsp3) is 0.294. The van der Waals surface area contributed by atoms with Crippen molar-refractivity contribution in [3.8, 4) is 0 Å². The molecule has 1 heterocycles. The molecule has 0 fully saturated rings. The van der Waals surface area contributed by atoms with Crippen LogP contribution in [0.25, 0.3) is 0 Å². The Morgan fingerprint density at radius 2 is 2.00 bits per heavy atom. The lowest BCUT2D eigenvalue weighted by molar-refractivity contribution is -0.116. The summed E-state index contributed by atoms with van der Waals surface area (Å²) in [5.74, 6) is -0.141. The van der Waals surface area contributed by atoms with Crippen LogP contribution >= 0.6 is 11.3 Å². The summed E-state index contributed by atoms with van der Waals surface area (Å²) in [4.78, 5) is 24.9. The van der Waals surface area contributed by atoms with Gasteiger partial charge in [0, 0.05) is 22.7 Å². The van der Waals surface area contributed by atoms with E-state index in [9.17, 15) is 9.59 Å². The van der Waals surface area contributed by atoms with E-state index in [1.54, 1.807) is 17.4 Å². The molecule has 6 heteroatoms. The summed E-state index contributed by atoms with van der Waals surface area (Å²) >= 11 is 1.56. The molecule has 0 saturated heterocycles. The van der Waals surface area contributed by atoms with Crippen molar-refractivity contribution in [3.05, 3.63) is 46.2 Å². The number of nitrogens with one attached hydrogen (secondary N) is 2. The topological polar surface area (TPSA) is 84.2 Å². The first-order chi connectivity index (χ1) is 11.1. The third-order valence-corrected chi connectivity index (χ3v) is 4.19. The molecule has 4 N–H and O–H groups in total. The van der Waals surface area contributed by atoms with Gasteiger partial charge in [-0.25, -0.2) is 0 Å². The molecule has 0 bridgehead atoms.